The van der Waals surface area contributed by atoms with Crippen molar-refractivity contribution >= 4 is 23.2 Å². The lowest BCUT2D eigenvalue weighted by atomic mass is 10.1. The van der Waals surface area contributed by atoms with Crippen molar-refractivity contribution in [2.24, 2.45) is 0 Å². The molecule has 0 aromatic heterocycles. The van der Waals surface area contributed by atoms with Gasteiger partial charge in [0.2, 0.25) is 5.91 Å². The van der Waals surface area contributed by atoms with Crippen LogP contribution in [0.2, 0.25) is 5.02 Å². The SMILES string of the molecule is COCCNC(=O)C(C)Nc1ccc(Cl)c(C(F)(F)F)c1. The number of ether oxygens (including phenoxy) is 1. The number of halogens is 4. The van der Waals surface area contributed by atoms with E-state index in [9.17, 15) is 18.0 Å². The number of amides is 1. The minimum atomic E-state index is -4.54. The summed E-state index contributed by atoms with van der Waals surface area (Å²) in [6.07, 6.45) is -4.54. The van der Waals surface area contributed by atoms with Crippen LogP contribution in [-0.2, 0) is 15.7 Å². The molecule has 8 heteroatoms. The molecular formula is C13H16ClF3N2O2. The molecular weight excluding hydrogens is 309 g/mol. The summed E-state index contributed by atoms with van der Waals surface area (Å²) in [4.78, 5) is 11.7. The molecule has 1 unspecified atom stereocenters. The van der Waals surface area contributed by atoms with Crippen molar-refractivity contribution in [3.63, 3.8) is 0 Å². The molecule has 1 amide bonds. The normalized spacial score (nSPS) is 12.9. The zero-order valence-corrected chi connectivity index (χ0v) is 12.3. The van der Waals surface area contributed by atoms with Gasteiger partial charge in [0.25, 0.3) is 0 Å². The Morgan fingerprint density at radius 1 is 1.43 bits per heavy atom. The first kappa shape index (κ1) is 17.6. The summed E-state index contributed by atoms with van der Waals surface area (Å²) in [6, 6.07) is 2.71. The summed E-state index contributed by atoms with van der Waals surface area (Å²) < 4.78 is 43.0. The van der Waals surface area contributed by atoms with Crippen LogP contribution in [0.5, 0.6) is 0 Å². The Hall–Kier alpha value is -1.47. The van der Waals surface area contributed by atoms with Gasteiger partial charge in [-0.1, -0.05) is 11.6 Å². The van der Waals surface area contributed by atoms with Gasteiger partial charge in [-0.2, -0.15) is 13.2 Å². The number of anilines is 1. The van der Waals surface area contributed by atoms with E-state index in [4.69, 9.17) is 16.3 Å². The predicted molar refractivity (Wildman–Crippen MR) is 74.4 cm³/mol. The number of methoxy groups -OCH3 is 1. The van der Waals surface area contributed by atoms with E-state index in [1.54, 1.807) is 6.92 Å². The molecule has 0 saturated heterocycles. The summed E-state index contributed by atoms with van der Waals surface area (Å²) >= 11 is 5.52. The molecule has 0 spiro atoms. The number of carbonyl (C=O) groups excluding carboxylic acids is 1. The van der Waals surface area contributed by atoms with E-state index >= 15 is 0 Å². The van der Waals surface area contributed by atoms with Crippen LogP contribution in [0.25, 0.3) is 0 Å². The number of hydrogen-bond acceptors (Lipinski definition) is 3. The number of rotatable bonds is 6. The smallest absolute Gasteiger partial charge is 0.383 e. The highest BCUT2D eigenvalue weighted by atomic mass is 35.5. The van der Waals surface area contributed by atoms with Crippen LogP contribution in [-0.4, -0.2) is 32.2 Å². The highest BCUT2D eigenvalue weighted by molar-refractivity contribution is 6.31. The van der Waals surface area contributed by atoms with Crippen LogP contribution < -0.4 is 10.6 Å². The van der Waals surface area contributed by atoms with Crippen molar-refractivity contribution in [2.45, 2.75) is 19.1 Å². The largest absolute Gasteiger partial charge is 0.417 e. The Kier molecular flexibility index (Phi) is 6.29. The summed E-state index contributed by atoms with van der Waals surface area (Å²) in [5.74, 6) is -0.337. The van der Waals surface area contributed by atoms with E-state index in [0.29, 0.717) is 13.2 Å². The molecule has 2 N–H and O–H groups in total. The van der Waals surface area contributed by atoms with Gasteiger partial charge in [0, 0.05) is 19.3 Å². The maximum Gasteiger partial charge on any atom is 0.417 e. The summed E-state index contributed by atoms with van der Waals surface area (Å²) in [7, 11) is 1.50. The molecule has 1 aromatic carbocycles. The molecule has 0 saturated carbocycles. The predicted octanol–water partition coefficient (Wildman–Crippen LogP) is 2.92. The third-order valence-electron chi connectivity index (χ3n) is 2.65. The molecule has 1 atom stereocenters. The van der Waals surface area contributed by atoms with Crippen LogP contribution in [0.15, 0.2) is 18.2 Å². The van der Waals surface area contributed by atoms with E-state index in [0.717, 1.165) is 12.1 Å². The lowest BCUT2D eigenvalue weighted by Crippen LogP contribution is -2.39. The topological polar surface area (TPSA) is 50.4 Å². The van der Waals surface area contributed by atoms with E-state index in [1.807, 2.05) is 0 Å². The second-order valence-electron chi connectivity index (χ2n) is 4.34. The fraction of sp³-hybridized carbons (Fsp3) is 0.462. The van der Waals surface area contributed by atoms with Gasteiger partial charge in [-0.15, -0.1) is 0 Å². The first-order valence-electron chi connectivity index (χ1n) is 6.15. The number of benzene rings is 1. The Bertz CT molecular complexity index is 495. The number of hydrogen-bond donors (Lipinski definition) is 2. The third kappa shape index (κ3) is 5.43. The van der Waals surface area contributed by atoms with E-state index in [2.05, 4.69) is 10.6 Å². The Morgan fingerprint density at radius 3 is 2.67 bits per heavy atom. The van der Waals surface area contributed by atoms with E-state index in [-0.39, 0.29) is 16.6 Å². The first-order valence-corrected chi connectivity index (χ1v) is 6.53. The van der Waals surface area contributed by atoms with Crippen molar-refractivity contribution < 1.29 is 22.7 Å². The lowest BCUT2D eigenvalue weighted by Gasteiger charge is -2.17. The number of nitrogens with one attached hydrogen (secondary N) is 2. The standard InChI is InChI=1S/C13H16ClF3N2O2/c1-8(12(20)18-5-6-21-2)19-9-3-4-11(14)10(7-9)13(15,16)17/h3-4,7-8,19H,5-6H2,1-2H3,(H,18,20). The molecule has 0 heterocycles. The van der Waals surface area contributed by atoms with Gasteiger partial charge in [0.05, 0.1) is 17.2 Å². The van der Waals surface area contributed by atoms with Gasteiger partial charge in [-0.3, -0.25) is 4.79 Å². The van der Waals surface area contributed by atoms with Crippen LogP contribution in [0.1, 0.15) is 12.5 Å². The highest BCUT2D eigenvalue weighted by Gasteiger charge is 2.33. The molecule has 0 bridgehead atoms. The molecule has 0 aliphatic heterocycles. The average Bonchev–Trinajstić information content (AvgIpc) is 2.39. The highest BCUT2D eigenvalue weighted by Crippen LogP contribution is 2.36. The third-order valence-corrected chi connectivity index (χ3v) is 2.98. The maximum absolute atomic E-state index is 12.7. The molecule has 1 aromatic rings. The molecule has 0 aliphatic rings. The monoisotopic (exact) mass is 324 g/mol. The molecule has 21 heavy (non-hydrogen) atoms. The molecule has 118 valence electrons. The molecule has 4 nitrogen and oxygen atoms in total. The van der Waals surface area contributed by atoms with E-state index < -0.39 is 17.8 Å². The van der Waals surface area contributed by atoms with Crippen LogP contribution in [0.4, 0.5) is 18.9 Å². The van der Waals surface area contributed by atoms with Gasteiger partial charge in [0.15, 0.2) is 0 Å². The lowest BCUT2D eigenvalue weighted by molar-refractivity contribution is -0.137. The number of alkyl halides is 3. The zero-order valence-electron chi connectivity index (χ0n) is 11.6. The minimum Gasteiger partial charge on any atom is -0.383 e. The Morgan fingerprint density at radius 2 is 2.10 bits per heavy atom. The molecule has 0 aliphatic carbocycles. The minimum absolute atomic E-state index is 0.168. The van der Waals surface area contributed by atoms with Gasteiger partial charge in [-0.05, 0) is 25.1 Å². The van der Waals surface area contributed by atoms with Crippen molar-refractivity contribution in [1.29, 1.82) is 0 Å². The second kappa shape index (κ2) is 7.51. The fourth-order valence-electron chi connectivity index (χ4n) is 1.58. The quantitative estimate of drug-likeness (QED) is 0.791. The van der Waals surface area contributed by atoms with Crippen molar-refractivity contribution in [1.82, 2.24) is 5.32 Å². The Labute approximate surface area is 125 Å². The van der Waals surface area contributed by atoms with E-state index in [1.165, 1.54) is 13.2 Å². The number of carbonyl (C=O) groups is 1. The summed E-state index contributed by atoms with van der Waals surface area (Å²) in [5, 5.41) is 4.90. The van der Waals surface area contributed by atoms with Gasteiger partial charge in [-0.25, -0.2) is 0 Å². The van der Waals surface area contributed by atoms with Crippen molar-refractivity contribution in [3.8, 4) is 0 Å². The average molecular weight is 325 g/mol. The zero-order chi connectivity index (χ0) is 16.0. The molecule has 0 radical (unpaired) electrons. The summed E-state index contributed by atoms with van der Waals surface area (Å²) in [5.41, 5.74) is -0.776. The second-order valence-corrected chi connectivity index (χ2v) is 4.75. The van der Waals surface area contributed by atoms with Gasteiger partial charge < -0.3 is 15.4 Å². The Balaban J connectivity index is 2.72. The van der Waals surface area contributed by atoms with Crippen molar-refractivity contribution in [2.75, 3.05) is 25.6 Å². The van der Waals surface area contributed by atoms with Gasteiger partial charge >= 0.3 is 6.18 Å². The first-order chi connectivity index (χ1) is 9.75. The fourth-order valence-corrected chi connectivity index (χ4v) is 1.80. The van der Waals surface area contributed by atoms with Gasteiger partial charge in [0.1, 0.15) is 6.04 Å². The van der Waals surface area contributed by atoms with Crippen molar-refractivity contribution in [3.05, 3.63) is 28.8 Å². The van der Waals surface area contributed by atoms with Crippen LogP contribution in [0.3, 0.4) is 0 Å². The maximum atomic E-state index is 12.7. The molecule has 0 fully saturated rings. The molecule has 1 rings (SSSR count). The van der Waals surface area contributed by atoms with Crippen LogP contribution >= 0.6 is 11.6 Å². The summed E-state index contributed by atoms with van der Waals surface area (Å²) in [6.45, 7) is 2.23. The van der Waals surface area contributed by atoms with Crippen LogP contribution in [0, 0.1) is 0 Å².